The molecule has 0 spiro atoms. The van der Waals surface area contributed by atoms with Crippen LogP contribution in [0.25, 0.3) is 5.69 Å². The Morgan fingerprint density at radius 2 is 1.88 bits per heavy atom. The van der Waals surface area contributed by atoms with Crippen LogP contribution < -0.4 is 16.4 Å². The zero-order valence-electron chi connectivity index (χ0n) is 14.6. The van der Waals surface area contributed by atoms with Crippen LogP contribution in [0.15, 0.2) is 36.5 Å². The fourth-order valence-electron chi connectivity index (χ4n) is 2.14. The fraction of sp³-hybridized carbons (Fsp3) is 0.412. The summed E-state index contributed by atoms with van der Waals surface area (Å²) < 4.78 is 1.64. The van der Waals surface area contributed by atoms with Gasteiger partial charge in [-0.25, -0.2) is 4.68 Å². The molecule has 0 bridgehead atoms. The number of para-hydroxylation sites is 1. The molecule has 25 heavy (non-hydrogen) atoms. The average molecular weight is 344 g/mol. The number of amides is 2. The Morgan fingerprint density at radius 1 is 1.20 bits per heavy atom. The minimum atomic E-state index is -0.629. The van der Waals surface area contributed by atoms with E-state index in [2.05, 4.69) is 20.9 Å². The van der Waals surface area contributed by atoms with Gasteiger partial charge in [0.15, 0.2) is 0 Å². The minimum absolute atomic E-state index is 0.00927. The monoisotopic (exact) mass is 344 g/mol. The van der Waals surface area contributed by atoms with Crippen molar-refractivity contribution in [3.05, 3.63) is 42.2 Å². The second-order valence-corrected chi connectivity index (χ2v) is 6.20. The molecule has 0 saturated carbocycles. The highest BCUT2D eigenvalue weighted by Gasteiger charge is 2.19. The number of benzene rings is 1. The standard InChI is InChI=1S/C17H24N6O2/c1-11(2)16(18)17(25)19-9-15(24)20-12(3)14-10-23(22-21-14)13-7-5-4-6-8-13/h4-8,10-12,16H,9,18H2,1-3H3,(H,19,25)(H,20,24)/t12?,16-/m0/s1. The summed E-state index contributed by atoms with van der Waals surface area (Å²) in [6.45, 7) is 5.38. The first-order valence-corrected chi connectivity index (χ1v) is 8.18. The summed E-state index contributed by atoms with van der Waals surface area (Å²) >= 11 is 0. The maximum Gasteiger partial charge on any atom is 0.239 e. The van der Waals surface area contributed by atoms with Gasteiger partial charge in [0.1, 0.15) is 5.69 Å². The molecule has 2 aromatic rings. The van der Waals surface area contributed by atoms with Gasteiger partial charge in [-0.2, -0.15) is 0 Å². The first kappa shape index (κ1) is 18.6. The molecule has 134 valence electrons. The van der Waals surface area contributed by atoms with Crippen molar-refractivity contribution >= 4 is 11.8 Å². The molecule has 0 radical (unpaired) electrons. The van der Waals surface area contributed by atoms with Gasteiger partial charge in [0, 0.05) is 0 Å². The van der Waals surface area contributed by atoms with E-state index in [4.69, 9.17) is 5.73 Å². The number of aromatic nitrogens is 3. The van der Waals surface area contributed by atoms with Crippen LogP contribution in [0.1, 0.15) is 32.5 Å². The third-order valence-electron chi connectivity index (χ3n) is 3.80. The molecule has 1 heterocycles. The lowest BCUT2D eigenvalue weighted by Gasteiger charge is -2.16. The smallest absolute Gasteiger partial charge is 0.239 e. The Morgan fingerprint density at radius 3 is 2.52 bits per heavy atom. The number of rotatable bonds is 7. The number of hydrogen-bond acceptors (Lipinski definition) is 5. The van der Waals surface area contributed by atoms with Gasteiger partial charge < -0.3 is 16.4 Å². The molecular weight excluding hydrogens is 320 g/mol. The van der Waals surface area contributed by atoms with Crippen LogP contribution in [0.5, 0.6) is 0 Å². The Hall–Kier alpha value is -2.74. The summed E-state index contributed by atoms with van der Waals surface area (Å²) in [6, 6.07) is 8.60. The van der Waals surface area contributed by atoms with Gasteiger partial charge in [-0.15, -0.1) is 5.10 Å². The van der Waals surface area contributed by atoms with Crippen LogP contribution in [0.2, 0.25) is 0 Å². The van der Waals surface area contributed by atoms with E-state index in [1.54, 1.807) is 17.8 Å². The normalized spacial score (nSPS) is 13.3. The second kappa shape index (κ2) is 8.39. The van der Waals surface area contributed by atoms with E-state index in [-0.39, 0.29) is 30.3 Å². The van der Waals surface area contributed by atoms with Gasteiger partial charge in [-0.1, -0.05) is 37.3 Å². The van der Waals surface area contributed by atoms with Crippen molar-refractivity contribution in [3.8, 4) is 5.69 Å². The van der Waals surface area contributed by atoms with E-state index in [9.17, 15) is 9.59 Å². The van der Waals surface area contributed by atoms with Crippen molar-refractivity contribution in [2.45, 2.75) is 32.9 Å². The van der Waals surface area contributed by atoms with Crippen LogP contribution in [0.4, 0.5) is 0 Å². The van der Waals surface area contributed by atoms with Crippen LogP contribution in [-0.2, 0) is 9.59 Å². The summed E-state index contributed by atoms with van der Waals surface area (Å²) in [5, 5.41) is 13.5. The number of nitrogens with zero attached hydrogens (tertiary/aromatic N) is 3. The topological polar surface area (TPSA) is 115 Å². The van der Waals surface area contributed by atoms with E-state index in [0.29, 0.717) is 5.69 Å². The van der Waals surface area contributed by atoms with Gasteiger partial charge in [0.2, 0.25) is 11.8 Å². The number of nitrogens with two attached hydrogens (primary N) is 1. The number of nitrogens with one attached hydrogen (secondary N) is 2. The zero-order valence-corrected chi connectivity index (χ0v) is 14.6. The molecule has 8 heteroatoms. The van der Waals surface area contributed by atoms with Crippen LogP contribution in [0, 0.1) is 5.92 Å². The van der Waals surface area contributed by atoms with Crippen molar-refractivity contribution in [3.63, 3.8) is 0 Å². The number of hydrogen-bond donors (Lipinski definition) is 3. The lowest BCUT2D eigenvalue weighted by Crippen LogP contribution is -2.47. The van der Waals surface area contributed by atoms with Gasteiger partial charge in [0.25, 0.3) is 0 Å². The van der Waals surface area contributed by atoms with Crippen LogP contribution >= 0.6 is 0 Å². The first-order chi connectivity index (χ1) is 11.9. The molecule has 8 nitrogen and oxygen atoms in total. The van der Waals surface area contributed by atoms with Crippen molar-refractivity contribution in [2.24, 2.45) is 11.7 Å². The Balaban J connectivity index is 1.87. The molecule has 1 unspecified atom stereocenters. The summed E-state index contributed by atoms with van der Waals surface area (Å²) in [4.78, 5) is 23.7. The molecule has 2 rings (SSSR count). The molecule has 1 aromatic heterocycles. The molecule has 0 fully saturated rings. The molecule has 0 aliphatic rings. The molecule has 0 saturated heterocycles. The number of carbonyl (C=O) groups excluding carboxylic acids is 2. The Bertz CT molecular complexity index is 713. The summed E-state index contributed by atoms with van der Waals surface area (Å²) in [7, 11) is 0. The fourth-order valence-corrected chi connectivity index (χ4v) is 2.14. The highest BCUT2D eigenvalue weighted by molar-refractivity contribution is 5.87. The third-order valence-corrected chi connectivity index (χ3v) is 3.80. The van der Waals surface area contributed by atoms with Gasteiger partial charge in [0.05, 0.1) is 30.5 Å². The molecule has 0 aliphatic carbocycles. The maximum atomic E-state index is 12.0. The molecule has 4 N–H and O–H groups in total. The van der Waals surface area contributed by atoms with Crippen LogP contribution in [0.3, 0.4) is 0 Å². The quantitative estimate of drug-likeness (QED) is 0.678. The largest absolute Gasteiger partial charge is 0.346 e. The molecule has 0 aliphatic heterocycles. The van der Waals surface area contributed by atoms with Crippen molar-refractivity contribution in [2.75, 3.05) is 6.54 Å². The zero-order chi connectivity index (χ0) is 18.4. The van der Waals surface area contributed by atoms with Crippen molar-refractivity contribution < 1.29 is 9.59 Å². The highest BCUT2D eigenvalue weighted by Crippen LogP contribution is 2.11. The second-order valence-electron chi connectivity index (χ2n) is 6.20. The van der Waals surface area contributed by atoms with Crippen molar-refractivity contribution in [1.82, 2.24) is 25.6 Å². The summed E-state index contributed by atoms with van der Waals surface area (Å²) in [5.74, 6) is -0.645. The lowest BCUT2D eigenvalue weighted by molar-refractivity contribution is -0.127. The first-order valence-electron chi connectivity index (χ1n) is 8.18. The molecule has 2 atom stereocenters. The highest BCUT2D eigenvalue weighted by atomic mass is 16.2. The molecule has 2 amide bonds. The third kappa shape index (κ3) is 5.12. The molecular formula is C17H24N6O2. The lowest BCUT2D eigenvalue weighted by atomic mass is 10.1. The average Bonchev–Trinajstić information content (AvgIpc) is 3.10. The maximum absolute atomic E-state index is 12.0. The van der Waals surface area contributed by atoms with E-state index < -0.39 is 6.04 Å². The summed E-state index contributed by atoms with van der Waals surface area (Å²) in [6.07, 6.45) is 1.76. The van der Waals surface area contributed by atoms with E-state index in [0.717, 1.165) is 5.69 Å². The summed E-state index contributed by atoms with van der Waals surface area (Å²) in [5.41, 5.74) is 7.24. The molecule has 1 aromatic carbocycles. The van der Waals surface area contributed by atoms with Gasteiger partial charge >= 0.3 is 0 Å². The van der Waals surface area contributed by atoms with Crippen LogP contribution in [-0.4, -0.2) is 39.4 Å². The predicted octanol–water partition coefficient (Wildman–Crippen LogP) is 0.544. The van der Waals surface area contributed by atoms with Gasteiger partial charge in [-0.3, -0.25) is 9.59 Å². The SMILES string of the molecule is CC(NC(=O)CNC(=O)[C@@H](N)C(C)C)c1cn(-c2ccccc2)nn1. The number of carbonyl (C=O) groups is 2. The van der Waals surface area contributed by atoms with Crippen molar-refractivity contribution in [1.29, 1.82) is 0 Å². The van der Waals surface area contributed by atoms with E-state index in [1.165, 1.54) is 0 Å². The van der Waals surface area contributed by atoms with Gasteiger partial charge in [-0.05, 0) is 25.0 Å². The van der Waals surface area contributed by atoms with E-state index in [1.807, 2.05) is 44.2 Å². The Kier molecular flexibility index (Phi) is 6.24. The minimum Gasteiger partial charge on any atom is -0.346 e. The van der Waals surface area contributed by atoms with E-state index >= 15 is 0 Å². The predicted molar refractivity (Wildman–Crippen MR) is 93.7 cm³/mol. The Labute approximate surface area is 146 Å².